The van der Waals surface area contributed by atoms with Crippen molar-refractivity contribution in [3.63, 3.8) is 0 Å². The van der Waals surface area contributed by atoms with Crippen molar-refractivity contribution in [3.8, 4) is 11.5 Å². The van der Waals surface area contributed by atoms with Crippen LogP contribution in [0.3, 0.4) is 0 Å². The molecule has 1 amide bonds. The van der Waals surface area contributed by atoms with Crippen molar-refractivity contribution in [2.45, 2.75) is 0 Å². The number of benzene rings is 3. The van der Waals surface area contributed by atoms with Gasteiger partial charge in [0.05, 0.1) is 17.8 Å². The van der Waals surface area contributed by atoms with Crippen LogP contribution in [0.15, 0.2) is 59.0 Å². The van der Waals surface area contributed by atoms with E-state index in [-0.39, 0.29) is 11.6 Å². The molecule has 0 spiro atoms. The average Bonchev–Trinajstić information content (AvgIpc) is 3.05. The molecule has 0 saturated carbocycles. The van der Waals surface area contributed by atoms with Crippen LogP contribution in [0.2, 0.25) is 5.02 Å². The molecule has 1 N–H and O–H groups in total. The van der Waals surface area contributed by atoms with Crippen LogP contribution in [-0.2, 0) is 4.79 Å². The molecule has 4 rings (SSSR count). The third kappa shape index (κ3) is 3.46. The fraction of sp³-hybridized carbons (Fsp3) is 0.0952. The van der Waals surface area contributed by atoms with Gasteiger partial charge in [0.1, 0.15) is 28.5 Å². The van der Waals surface area contributed by atoms with Gasteiger partial charge in [0.25, 0.3) is 5.91 Å². The number of para-hydroxylation sites is 1. The fourth-order valence-corrected chi connectivity index (χ4v) is 3.09. The minimum atomic E-state index is -0.553. The lowest BCUT2D eigenvalue weighted by atomic mass is 10.1. The van der Waals surface area contributed by atoms with Gasteiger partial charge < -0.3 is 19.2 Å². The van der Waals surface area contributed by atoms with E-state index in [1.54, 1.807) is 6.07 Å². The molecule has 1 aromatic heterocycles. The van der Waals surface area contributed by atoms with Crippen LogP contribution in [0.25, 0.3) is 21.9 Å². The Hall–Kier alpha value is -3.25. The summed E-state index contributed by atoms with van der Waals surface area (Å²) in [7, 11) is 1.52. The first-order valence-electron chi connectivity index (χ1n) is 8.42. The number of fused-ring (bicyclic) bond motifs is 3. The van der Waals surface area contributed by atoms with Crippen LogP contribution in [0.5, 0.6) is 11.5 Å². The zero-order valence-corrected chi connectivity index (χ0v) is 15.5. The van der Waals surface area contributed by atoms with E-state index in [0.717, 1.165) is 16.4 Å². The van der Waals surface area contributed by atoms with E-state index >= 15 is 0 Å². The van der Waals surface area contributed by atoms with Crippen molar-refractivity contribution in [2.75, 3.05) is 19.0 Å². The van der Waals surface area contributed by atoms with Crippen LogP contribution in [0.1, 0.15) is 0 Å². The molecule has 0 saturated heterocycles. The van der Waals surface area contributed by atoms with E-state index in [4.69, 9.17) is 25.5 Å². The third-order valence-electron chi connectivity index (χ3n) is 4.23. The van der Waals surface area contributed by atoms with Crippen LogP contribution in [0, 0.1) is 5.82 Å². The third-order valence-corrected chi connectivity index (χ3v) is 4.52. The lowest BCUT2D eigenvalue weighted by Gasteiger charge is -2.11. The van der Waals surface area contributed by atoms with E-state index < -0.39 is 11.7 Å². The largest absolute Gasteiger partial charge is 0.495 e. The van der Waals surface area contributed by atoms with Gasteiger partial charge in [-0.05, 0) is 24.3 Å². The summed E-state index contributed by atoms with van der Waals surface area (Å²) >= 11 is 5.70. The van der Waals surface area contributed by atoms with E-state index in [1.807, 2.05) is 30.3 Å². The molecule has 0 atom stereocenters. The minimum absolute atomic E-state index is 0.0742. The molecular formula is C21H15ClFNO4. The Labute approximate surface area is 164 Å². The van der Waals surface area contributed by atoms with Crippen molar-refractivity contribution < 1.29 is 23.1 Å². The van der Waals surface area contributed by atoms with Gasteiger partial charge in [0.15, 0.2) is 6.61 Å². The van der Waals surface area contributed by atoms with E-state index in [0.29, 0.717) is 22.8 Å². The number of nitrogens with one attached hydrogen (secondary N) is 1. The molecule has 0 aliphatic carbocycles. The minimum Gasteiger partial charge on any atom is -0.495 e. The highest BCUT2D eigenvalue weighted by atomic mass is 35.5. The molecule has 7 heteroatoms. The number of hydrogen-bond acceptors (Lipinski definition) is 4. The van der Waals surface area contributed by atoms with Gasteiger partial charge in [-0.3, -0.25) is 4.79 Å². The Morgan fingerprint density at radius 1 is 1.11 bits per heavy atom. The summed E-state index contributed by atoms with van der Waals surface area (Å²) in [6.07, 6.45) is 0. The first kappa shape index (κ1) is 18.1. The normalized spacial score (nSPS) is 11.0. The van der Waals surface area contributed by atoms with Gasteiger partial charge in [-0.15, -0.1) is 0 Å². The van der Waals surface area contributed by atoms with Gasteiger partial charge in [-0.25, -0.2) is 4.39 Å². The van der Waals surface area contributed by atoms with Crippen molar-refractivity contribution in [2.24, 2.45) is 0 Å². The van der Waals surface area contributed by atoms with Crippen molar-refractivity contribution >= 4 is 45.1 Å². The molecule has 28 heavy (non-hydrogen) atoms. The van der Waals surface area contributed by atoms with Gasteiger partial charge in [0.2, 0.25) is 0 Å². The molecule has 0 bridgehead atoms. The molecule has 142 valence electrons. The Balaban J connectivity index is 1.55. The number of methoxy groups -OCH3 is 1. The Bertz CT molecular complexity index is 1190. The van der Waals surface area contributed by atoms with Gasteiger partial charge >= 0.3 is 0 Å². The standard InChI is InChI=1S/C21H15ClFNO4/c1-26-20-9-14-13-4-2-3-5-18(13)28-19(14)10-17(20)24-21(25)11-27-12-6-7-16(23)15(22)8-12/h2-10H,11H2,1H3,(H,24,25). The summed E-state index contributed by atoms with van der Waals surface area (Å²) in [6, 6.07) is 15.1. The molecule has 0 fully saturated rings. The summed E-state index contributed by atoms with van der Waals surface area (Å²) in [4.78, 5) is 12.3. The summed E-state index contributed by atoms with van der Waals surface area (Å²) in [5.41, 5.74) is 1.84. The summed E-state index contributed by atoms with van der Waals surface area (Å²) in [5, 5.41) is 4.52. The summed E-state index contributed by atoms with van der Waals surface area (Å²) in [6.45, 7) is -0.275. The zero-order valence-electron chi connectivity index (χ0n) is 14.8. The maximum Gasteiger partial charge on any atom is 0.262 e. The van der Waals surface area contributed by atoms with Gasteiger partial charge in [0, 0.05) is 22.9 Å². The number of ether oxygens (including phenoxy) is 2. The highest BCUT2D eigenvalue weighted by Gasteiger charge is 2.14. The zero-order chi connectivity index (χ0) is 19.7. The molecule has 5 nitrogen and oxygen atoms in total. The molecule has 1 heterocycles. The number of carbonyl (C=O) groups excluding carboxylic acids is 1. The molecule has 0 unspecified atom stereocenters. The number of halogens is 2. The first-order valence-corrected chi connectivity index (χ1v) is 8.80. The highest BCUT2D eigenvalue weighted by molar-refractivity contribution is 6.30. The number of anilines is 1. The summed E-state index contributed by atoms with van der Waals surface area (Å²) < 4.78 is 29.8. The molecule has 3 aromatic carbocycles. The number of carbonyl (C=O) groups is 1. The lowest BCUT2D eigenvalue weighted by molar-refractivity contribution is -0.118. The molecule has 4 aromatic rings. The second-order valence-electron chi connectivity index (χ2n) is 6.06. The molecule has 0 aliphatic rings. The van der Waals surface area contributed by atoms with Gasteiger partial charge in [-0.1, -0.05) is 29.8 Å². The number of hydrogen-bond donors (Lipinski definition) is 1. The maximum absolute atomic E-state index is 13.2. The Kier molecular flexibility index (Phi) is 4.79. The average molecular weight is 400 g/mol. The quantitative estimate of drug-likeness (QED) is 0.487. The second-order valence-corrected chi connectivity index (χ2v) is 6.47. The van der Waals surface area contributed by atoms with Crippen LogP contribution >= 0.6 is 11.6 Å². The predicted octanol–water partition coefficient (Wildman–Crippen LogP) is 5.40. The first-order chi connectivity index (χ1) is 13.5. The van der Waals surface area contributed by atoms with Crippen molar-refractivity contribution in [3.05, 3.63) is 65.4 Å². The number of furan rings is 1. The number of amides is 1. The highest BCUT2D eigenvalue weighted by Crippen LogP contribution is 2.36. The molecule has 0 aliphatic heterocycles. The Morgan fingerprint density at radius 2 is 1.93 bits per heavy atom. The van der Waals surface area contributed by atoms with Crippen LogP contribution in [0.4, 0.5) is 10.1 Å². The van der Waals surface area contributed by atoms with Crippen LogP contribution in [-0.4, -0.2) is 19.6 Å². The smallest absolute Gasteiger partial charge is 0.262 e. The van der Waals surface area contributed by atoms with Crippen molar-refractivity contribution in [1.29, 1.82) is 0 Å². The van der Waals surface area contributed by atoms with Gasteiger partial charge in [-0.2, -0.15) is 0 Å². The topological polar surface area (TPSA) is 60.7 Å². The maximum atomic E-state index is 13.2. The Morgan fingerprint density at radius 3 is 2.71 bits per heavy atom. The van der Waals surface area contributed by atoms with E-state index in [9.17, 15) is 9.18 Å². The molecular weight excluding hydrogens is 385 g/mol. The van der Waals surface area contributed by atoms with Crippen molar-refractivity contribution in [1.82, 2.24) is 0 Å². The molecule has 0 radical (unpaired) electrons. The monoisotopic (exact) mass is 399 g/mol. The van der Waals surface area contributed by atoms with E-state index in [2.05, 4.69) is 5.32 Å². The SMILES string of the molecule is COc1cc2c(cc1NC(=O)COc1ccc(F)c(Cl)c1)oc1ccccc12. The van der Waals surface area contributed by atoms with Crippen LogP contribution < -0.4 is 14.8 Å². The number of rotatable bonds is 5. The second kappa shape index (κ2) is 7.40. The fourth-order valence-electron chi connectivity index (χ4n) is 2.92. The van der Waals surface area contributed by atoms with E-state index in [1.165, 1.54) is 25.3 Å². The predicted molar refractivity (Wildman–Crippen MR) is 106 cm³/mol. The summed E-state index contributed by atoms with van der Waals surface area (Å²) in [5.74, 6) is -0.171. The lowest BCUT2D eigenvalue weighted by Crippen LogP contribution is -2.20.